The molecule has 0 spiro atoms. The number of para-hydroxylation sites is 1. The molecule has 200 valence electrons. The second kappa shape index (κ2) is 9.44. The van der Waals surface area contributed by atoms with E-state index < -0.39 is 0 Å². The van der Waals surface area contributed by atoms with Gasteiger partial charge in [0, 0.05) is 21.8 Å². The smallest absolute Gasteiger partial charge is 0.0619 e. The molecule has 0 aliphatic rings. The lowest BCUT2D eigenvalue weighted by atomic mass is 9.95. The van der Waals surface area contributed by atoms with Gasteiger partial charge < -0.3 is 4.57 Å². The fourth-order valence-corrected chi connectivity index (χ4v) is 6.96. The molecule has 0 saturated carbocycles. The van der Waals surface area contributed by atoms with Crippen LogP contribution in [0.1, 0.15) is 0 Å². The van der Waals surface area contributed by atoms with Gasteiger partial charge >= 0.3 is 0 Å². The Labute approximate surface area is 249 Å². The Bertz CT molecular complexity index is 2500. The summed E-state index contributed by atoms with van der Waals surface area (Å²) in [7, 11) is 0. The van der Waals surface area contributed by atoms with Crippen molar-refractivity contribution in [2.45, 2.75) is 0 Å². The summed E-state index contributed by atoms with van der Waals surface area (Å²) in [5.74, 6) is 0. The molecule has 0 aliphatic carbocycles. The molecule has 0 radical (unpaired) electrons. The molecule has 43 heavy (non-hydrogen) atoms. The zero-order valence-corrected chi connectivity index (χ0v) is 23.5. The molecule has 9 aromatic rings. The number of hydrogen-bond donors (Lipinski definition) is 0. The van der Waals surface area contributed by atoms with Gasteiger partial charge in [0.2, 0.25) is 0 Å². The Morgan fingerprint density at radius 1 is 0.326 bits per heavy atom. The van der Waals surface area contributed by atoms with E-state index in [4.69, 9.17) is 0 Å². The SMILES string of the molecule is c1ccc(-c2cc3c4ccccc4n(-c4cccc(-c5ccc6c(ccc7ccccc76)c5)c4)c3c3ccccc23)cc1. The second-order valence-electron chi connectivity index (χ2n) is 11.4. The van der Waals surface area contributed by atoms with Crippen LogP contribution in [0.2, 0.25) is 0 Å². The maximum Gasteiger partial charge on any atom is 0.0619 e. The predicted molar refractivity (Wildman–Crippen MR) is 184 cm³/mol. The van der Waals surface area contributed by atoms with Crippen molar-refractivity contribution in [3.8, 4) is 27.9 Å². The summed E-state index contributed by atoms with van der Waals surface area (Å²) in [4.78, 5) is 0. The molecule has 1 heterocycles. The molecule has 1 heteroatoms. The van der Waals surface area contributed by atoms with Gasteiger partial charge in [0.15, 0.2) is 0 Å². The first-order valence-corrected chi connectivity index (χ1v) is 14.9. The molecule has 0 unspecified atom stereocenters. The number of hydrogen-bond acceptors (Lipinski definition) is 0. The van der Waals surface area contributed by atoms with E-state index in [1.54, 1.807) is 0 Å². The molecule has 8 aromatic carbocycles. The molecule has 0 fully saturated rings. The summed E-state index contributed by atoms with van der Waals surface area (Å²) in [5, 5.41) is 10.2. The minimum Gasteiger partial charge on any atom is -0.309 e. The Kier molecular flexibility index (Phi) is 5.27. The van der Waals surface area contributed by atoms with Crippen molar-refractivity contribution in [2.75, 3.05) is 0 Å². The van der Waals surface area contributed by atoms with Crippen LogP contribution in [0.15, 0.2) is 164 Å². The van der Waals surface area contributed by atoms with Crippen molar-refractivity contribution < 1.29 is 0 Å². The van der Waals surface area contributed by atoms with Crippen LogP contribution in [0.3, 0.4) is 0 Å². The maximum absolute atomic E-state index is 2.46. The lowest BCUT2D eigenvalue weighted by Crippen LogP contribution is -1.95. The average molecular weight is 546 g/mol. The Balaban J connectivity index is 1.29. The molecule has 1 nitrogen and oxygen atoms in total. The van der Waals surface area contributed by atoms with Gasteiger partial charge in [-0.25, -0.2) is 0 Å². The minimum atomic E-state index is 1.17. The molecular weight excluding hydrogens is 518 g/mol. The van der Waals surface area contributed by atoms with Gasteiger partial charge in [0.05, 0.1) is 11.0 Å². The quantitative estimate of drug-likeness (QED) is 0.195. The molecule has 9 rings (SSSR count). The third kappa shape index (κ3) is 3.72. The second-order valence-corrected chi connectivity index (χ2v) is 11.4. The van der Waals surface area contributed by atoms with Crippen LogP contribution in [0.25, 0.3) is 82.1 Å². The third-order valence-electron chi connectivity index (χ3n) is 8.94. The zero-order chi connectivity index (χ0) is 28.3. The molecular formula is C42H27N. The van der Waals surface area contributed by atoms with Crippen molar-refractivity contribution in [1.82, 2.24) is 4.57 Å². The van der Waals surface area contributed by atoms with Gasteiger partial charge in [-0.05, 0) is 79.5 Å². The summed E-state index contributed by atoms with van der Waals surface area (Å²) < 4.78 is 2.46. The summed E-state index contributed by atoms with van der Waals surface area (Å²) in [6.07, 6.45) is 0. The molecule has 0 saturated heterocycles. The van der Waals surface area contributed by atoms with Crippen LogP contribution in [0.4, 0.5) is 0 Å². The molecule has 0 N–H and O–H groups in total. The summed E-state index contributed by atoms with van der Waals surface area (Å²) in [5.41, 5.74) is 8.58. The summed E-state index contributed by atoms with van der Waals surface area (Å²) >= 11 is 0. The maximum atomic E-state index is 2.46. The standard InChI is InChI=1S/C42H27N/c1-2-11-28(12-3-1)39-27-40-37-18-8-9-20-41(37)43(42(40)38-19-7-6-17-36(38)39)33-15-10-14-30(26-33)31-23-24-35-32(25-31)22-21-29-13-4-5-16-34(29)35/h1-27H. The van der Waals surface area contributed by atoms with E-state index in [1.165, 1.54) is 82.1 Å². The van der Waals surface area contributed by atoms with Crippen molar-refractivity contribution in [3.05, 3.63) is 164 Å². The van der Waals surface area contributed by atoms with Crippen molar-refractivity contribution in [1.29, 1.82) is 0 Å². The van der Waals surface area contributed by atoms with E-state index in [1.807, 2.05) is 0 Å². The van der Waals surface area contributed by atoms with Crippen molar-refractivity contribution >= 4 is 54.1 Å². The van der Waals surface area contributed by atoms with E-state index in [2.05, 4.69) is 168 Å². The molecule has 0 bridgehead atoms. The fraction of sp³-hybridized carbons (Fsp3) is 0. The monoisotopic (exact) mass is 545 g/mol. The van der Waals surface area contributed by atoms with Gasteiger partial charge in [-0.3, -0.25) is 0 Å². The number of benzene rings is 8. The topological polar surface area (TPSA) is 4.93 Å². The Morgan fingerprint density at radius 3 is 1.86 bits per heavy atom. The van der Waals surface area contributed by atoms with E-state index in [-0.39, 0.29) is 0 Å². The summed E-state index contributed by atoms with van der Waals surface area (Å²) in [6, 6.07) is 59.8. The van der Waals surface area contributed by atoms with E-state index in [0.717, 1.165) is 0 Å². The van der Waals surface area contributed by atoms with Gasteiger partial charge in [0.25, 0.3) is 0 Å². The molecule has 0 atom stereocenters. The number of nitrogens with zero attached hydrogens (tertiary/aromatic N) is 1. The molecule has 1 aromatic heterocycles. The summed E-state index contributed by atoms with van der Waals surface area (Å²) in [6.45, 7) is 0. The van der Waals surface area contributed by atoms with Gasteiger partial charge in [-0.15, -0.1) is 0 Å². The van der Waals surface area contributed by atoms with Gasteiger partial charge in [-0.2, -0.15) is 0 Å². The fourth-order valence-electron chi connectivity index (χ4n) is 6.96. The first kappa shape index (κ1) is 24.0. The predicted octanol–water partition coefficient (Wildman–Crippen LogP) is 11.6. The Morgan fingerprint density at radius 2 is 0.977 bits per heavy atom. The van der Waals surface area contributed by atoms with Crippen molar-refractivity contribution in [2.24, 2.45) is 0 Å². The van der Waals surface area contributed by atoms with Crippen LogP contribution >= 0.6 is 0 Å². The van der Waals surface area contributed by atoms with Crippen LogP contribution in [-0.4, -0.2) is 4.57 Å². The minimum absolute atomic E-state index is 1.17. The van der Waals surface area contributed by atoms with E-state index in [0.29, 0.717) is 0 Å². The lowest BCUT2D eigenvalue weighted by Gasteiger charge is -2.14. The highest BCUT2D eigenvalue weighted by atomic mass is 15.0. The van der Waals surface area contributed by atoms with Crippen LogP contribution in [0.5, 0.6) is 0 Å². The van der Waals surface area contributed by atoms with Gasteiger partial charge in [-0.1, -0.05) is 133 Å². The van der Waals surface area contributed by atoms with Crippen LogP contribution in [0, 0.1) is 0 Å². The number of aromatic nitrogens is 1. The van der Waals surface area contributed by atoms with Gasteiger partial charge in [0.1, 0.15) is 0 Å². The lowest BCUT2D eigenvalue weighted by molar-refractivity contribution is 1.19. The largest absolute Gasteiger partial charge is 0.309 e. The van der Waals surface area contributed by atoms with Crippen molar-refractivity contribution in [3.63, 3.8) is 0 Å². The third-order valence-corrected chi connectivity index (χ3v) is 8.94. The highest BCUT2D eigenvalue weighted by Crippen LogP contribution is 2.41. The zero-order valence-electron chi connectivity index (χ0n) is 23.5. The number of fused-ring (bicyclic) bond motifs is 8. The molecule has 0 amide bonds. The first-order chi connectivity index (χ1) is 21.3. The normalized spacial score (nSPS) is 11.7. The highest BCUT2D eigenvalue weighted by Gasteiger charge is 2.18. The molecule has 0 aliphatic heterocycles. The average Bonchev–Trinajstić information content (AvgIpc) is 3.42. The van der Waals surface area contributed by atoms with Crippen LogP contribution in [-0.2, 0) is 0 Å². The Hall–Kier alpha value is -5.66. The highest BCUT2D eigenvalue weighted by molar-refractivity contribution is 6.22. The first-order valence-electron chi connectivity index (χ1n) is 14.9. The number of rotatable bonds is 3. The van der Waals surface area contributed by atoms with Crippen LogP contribution < -0.4 is 0 Å². The van der Waals surface area contributed by atoms with E-state index in [9.17, 15) is 0 Å². The van der Waals surface area contributed by atoms with E-state index >= 15 is 0 Å².